The maximum atomic E-state index is 11.0. The highest BCUT2D eigenvalue weighted by molar-refractivity contribution is 7.86. The van der Waals surface area contributed by atoms with Crippen LogP contribution in [0.5, 0.6) is 0 Å². The van der Waals surface area contributed by atoms with Gasteiger partial charge in [0.05, 0.1) is 4.90 Å². The maximum absolute atomic E-state index is 11.0. The smallest absolute Gasteiger partial charge is 0.309 e. The Labute approximate surface area is 103 Å². The second-order valence-corrected chi connectivity index (χ2v) is 5.99. The molecule has 0 aromatic heterocycles. The molecule has 1 rings (SSSR count). The zero-order chi connectivity index (χ0) is 14.0. The van der Waals surface area contributed by atoms with Crippen molar-refractivity contribution in [3.63, 3.8) is 0 Å². The fourth-order valence-electron chi connectivity index (χ4n) is 1.21. The van der Waals surface area contributed by atoms with Crippen LogP contribution in [0.2, 0.25) is 0 Å². The van der Waals surface area contributed by atoms with Gasteiger partial charge in [-0.1, -0.05) is 6.07 Å². The molecule has 8 nitrogen and oxygen atoms in total. The number of benzene rings is 1. The van der Waals surface area contributed by atoms with Gasteiger partial charge in [-0.25, -0.2) is 0 Å². The van der Waals surface area contributed by atoms with E-state index in [0.29, 0.717) is 6.07 Å². The average molecular weight is 294 g/mol. The normalized spacial score (nSPS) is 12.1. The standard InChI is InChI=1S/C8H8NO7S2/c10-5-9-4-6-1-2-7(17(11,12)13)3-8(6)18(14,15)16/h1-3H,4H2,(H,9,10)(H,11,12,13)(H,14,15,16). The van der Waals surface area contributed by atoms with Crippen LogP contribution >= 0.6 is 0 Å². The Balaban J connectivity index is 3.44. The van der Waals surface area contributed by atoms with Crippen molar-refractivity contribution in [1.29, 1.82) is 0 Å². The fourth-order valence-corrected chi connectivity index (χ4v) is 2.54. The van der Waals surface area contributed by atoms with E-state index in [9.17, 15) is 21.6 Å². The summed E-state index contributed by atoms with van der Waals surface area (Å²) in [6.45, 7) is -0.273. The van der Waals surface area contributed by atoms with Gasteiger partial charge in [-0.05, 0) is 17.7 Å². The first kappa shape index (κ1) is 14.6. The molecule has 3 N–H and O–H groups in total. The van der Waals surface area contributed by atoms with Crippen molar-refractivity contribution in [3.8, 4) is 0 Å². The Bertz CT molecular complexity index is 663. The third-order valence-electron chi connectivity index (χ3n) is 1.97. The largest absolute Gasteiger partial charge is 0.344 e. The van der Waals surface area contributed by atoms with Crippen LogP contribution in [0.4, 0.5) is 0 Å². The lowest BCUT2D eigenvalue weighted by molar-refractivity contribution is 0.479. The molecule has 1 amide bonds. The first-order valence-corrected chi connectivity index (χ1v) is 7.22. The molecular formula is C8H8NO7S2. The number of amides is 1. The highest BCUT2D eigenvalue weighted by atomic mass is 32.2. The van der Waals surface area contributed by atoms with Crippen LogP contribution < -0.4 is 5.32 Å². The lowest BCUT2D eigenvalue weighted by atomic mass is 10.2. The van der Waals surface area contributed by atoms with E-state index >= 15 is 0 Å². The van der Waals surface area contributed by atoms with Crippen LogP contribution in [0.1, 0.15) is 5.56 Å². The van der Waals surface area contributed by atoms with Crippen LogP contribution in [0, 0.1) is 0 Å². The van der Waals surface area contributed by atoms with Gasteiger partial charge in [-0.15, -0.1) is 0 Å². The molecular weight excluding hydrogens is 286 g/mol. The van der Waals surface area contributed by atoms with Crippen LogP contribution in [0.25, 0.3) is 0 Å². The predicted octanol–water partition coefficient (Wildman–Crippen LogP) is -0.663. The molecule has 0 spiro atoms. The second kappa shape index (κ2) is 5.02. The molecule has 0 saturated heterocycles. The van der Waals surface area contributed by atoms with Crippen LogP contribution in [-0.2, 0) is 31.6 Å². The molecule has 0 aliphatic rings. The summed E-state index contributed by atoms with van der Waals surface area (Å²) >= 11 is 0. The van der Waals surface area contributed by atoms with Crippen LogP contribution in [-0.4, -0.2) is 32.4 Å². The summed E-state index contributed by atoms with van der Waals surface area (Å²) in [5.74, 6) is 0. The highest BCUT2D eigenvalue weighted by Gasteiger charge is 2.20. The number of carbonyl (C=O) groups excluding carboxylic acids is 1. The van der Waals surface area contributed by atoms with E-state index in [4.69, 9.17) is 9.11 Å². The van der Waals surface area contributed by atoms with Crippen LogP contribution in [0.3, 0.4) is 0 Å². The van der Waals surface area contributed by atoms with Gasteiger partial charge in [-0.3, -0.25) is 13.9 Å². The molecule has 0 saturated carbocycles. The van der Waals surface area contributed by atoms with Crippen molar-refractivity contribution < 1.29 is 30.7 Å². The summed E-state index contributed by atoms with van der Waals surface area (Å²) in [5.41, 5.74) is -0.0479. The van der Waals surface area contributed by atoms with E-state index in [0.717, 1.165) is 12.1 Å². The molecule has 18 heavy (non-hydrogen) atoms. The summed E-state index contributed by atoms with van der Waals surface area (Å²) in [5, 5.41) is 2.04. The lowest BCUT2D eigenvalue weighted by Gasteiger charge is -2.07. The zero-order valence-corrected chi connectivity index (χ0v) is 10.3. The molecule has 1 aromatic carbocycles. The monoisotopic (exact) mass is 294 g/mol. The Morgan fingerprint density at radius 1 is 1.11 bits per heavy atom. The van der Waals surface area contributed by atoms with Crippen LogP contribution in [0.15, 0.2) is 28.0 Å². The van der Waals surface area contributed by atoms with Gasteiger partial charge in [-0.2, -0.15) is 16.8 Å². The number of rotatable bonds is 5. The SMILES string of the molecule is O=[C]NCc1ccc(S(=O)(=O)O)cc1S(=O)(=O)O. The minimum atomic E-state index is -4.69. The quantitative estimate of drug-likeness (QED) is 0.484. The van der Waals surface area contributed by atoms with Gasteiger partial charge in [0.25, 0.3) is 20.2 Å². The molecule has 0 fully saturated rings. The lowest BCUT2D eigenvalue weighted by Crippen LogP contribution is -2.14. The van der Waals surface area contributed by atoms with E-state index in [2.05, 4.69) is 0 Å². The van der Waals surface area contributed by atoms with Crippen molar-refractivity contribution in [3.05, 3.63) is 23.8 Å². The van der Waals surface area contributed by atoms with E-state index in [-0.39, 0.29) is 12.1 Å². The Morgan fingerprint density at radius 2 is 1.72 bits per heavy atom. The number of hydrogen-bond acceptors (Lipinski definition) is 5. The molecule has 0 aliphatic heterocycles. The van der Waals surface area contributed by atoms with E-state index in [1.54, 1.807) is 0 Å². The minimum Gasteiger partial charge on any atom is -0.344 e. The van der Waals surface area contributed by atoms with Crippen molar-refractivity contribution >= 4 is 26.6 Å². The van der Waals surface area contributed by atoms with Crippen molar-refractivity contribution in [2.45, 2.75) is 16.3 Å². The first-order valence-electron chi connectivity index (χ1n) is 4.34. The van der Waals surface area contributed by atoms with Gasteiger partial charge >= 0.3 is 6.41 Å². The predicted molar refractivity (Wildman–Crippen MR) is 58.6 cm³/mol. The summed E-state index contributed by atoms with van der Waals surface area (Å²) < 4.78 is 61.5. The Morgan fingerprint density at radius 3 is 2.17 bits per heavy atom. The molecule has 0 bridgehead atoms. The number of nitrogens with one attached hydrogen (secondary N) is 1. The van der Waals surface area contributed by atoms with E-state index < -0.39 is 30.0 Å². The van der Waals surface area contributed by atoms with E-state index in [1.807, 2.05) is 5.32 Å². The Hall–Kier alpha value is -1.49. The van der Waals surface area contributed by atoms with Crippen molar-refractivity contribution in [1.82, 2.24) is 5.32 Å². The first-order chi connectivity index (χ1) is 8.16. The minimum absolute atomic E-state index is 0.0479. The van der Waals surface area contributed by atoms with Gasteiger partial charge in [0.2, 0.25) is 0 Å². The highest BCUT2D eigenvalue weighted by Crippen LogP contribution is 2.20. The molecule has 99 valence electrons. The van der Waals surface area contributed by atoms with Crippen molar-refractivity contribution in [2.75, 3.05) is 0 Å². The maximum Gasteiger partial charge on any atom is 0.309 e. The van der Waals surface area contributed by atoms with Gasteiger partial charge < -0.3 is 5.32 Å². The topological polar surface area (TPSA) is 138 Å². The third kappa shape index (κ3) is 3.50. The molecule has 0 unspecified atom stereocenters. The molecule has 10 heteroatoms. The summed E-state index contributed by atoms with van der Waals surface area (Å²) in [7, 11) is -9.29. The number of hydrogen-bond donors (Lipinski definition) is 3. The Kier molecular flexibility index (Phi) is 4.06. The average Bonchev–Trinajstić information content (AvgIpc) is 2.23. The second-order valence-electron chi connectivity index (χ2n) is 3.18. The van der Waals surface area contributed by atoms with Gasteiger partial charge in [0.15, 0.2) is 0 Å². The zero-order valence-electron chi connectivity index (χ0n) is 8.69. The van der Waals surface area contributed by atoms with Gasteiger partial charge in [0.1, 0.15) is 4.90 Å². The van der Waals surface area contributed by atoms with E-state index in [1.165, 1.54) is 6.41 Å². The molecule has 0 heterocycles. The fraction of sp³-hybridized carbons (Fsp3) is 0.125. The molecule has 1 aromatic rings. The third-order valence-corrected chi connectivity index (χ3v) is 3.75. The molecule has 0 aliphatic carbocycles. The summed E-state index contributed by atoms with van der Waals surface area (Å²) in [6.07, 6.45) is 1.30. The summed E-state index contributed by atoms with van der Waals surface area (Å²) in [6, 6.07) is 2.56. The molecule has 0 atom stereocenters. The molecule has 1 radical (unpaired) electrons. The van der Waals surface area contributed by atoms with Crippen molar-refractivity contribution in [2.24, 2.45) is 0 Å². The van der Waals surface area contributed by atoms with Gasteiger partial charge in [0, 0.05) is 6.54 Å². The summed E-state index contributed by atoms with van der Waals surface area (Å²) in [4.78, 5) is 8.57.